The van der Waals surface area contributed by atoms with Crippen LogP contribution in [-0.4, -0.2) is 24.6 Å². The molecule has 0 aromatic carbocycles. The van der Waals surface area contributed by atoms with Crippen molar-refractivity contribution in [2.75, 3.05) is 5.32 Å². The number of hydrogen-bond donors (Lipinski definition) is 1. The molecule has 6 nitrogen and oxygen atoms in total. The summed E-state index contributed by atoms with van der Waals surface area (Å²) in [6.45, 7) is 4.50. The number of aryl methyl sites for hydroxylation is 2. The van der Waals surface area contributed by atoms with Crippen LogP contribution in [0.15, 0.2) is 30.7 Å². The molecule has 0 aliphatic carbocycles. The zero-order valence-electron chi connectivity index (χ0n) is 10.8. The van der Waals surface area contributed by atoms with Crippen molar-refractivity contribution in [3.63, 3.8) is 0 Å². The molecule has 0 amide bonds. The van der Waals surface area contributed by atoms with Crippen LogP contribution in [-0.2, 0) is 6.54 Å². The van der Waals surface area contributed by atoms with E-state index in [4.69, 9.17) is 0 Å². The maximum absolute atomic E-state index is 4.40. The van der Waals surface area contributed by atoms with E-state index in [0.717, 1.165) is 22.6 Å². The first-order valence-corrected chi connectivity index (χ1v) is 6.05. The molecule has 3 rings (SSSR count). The summed E-state index contributed by atoms with van der Waals surface area (Å²) in [5.41, 5.74) is 3.76. The summed E-state index contributed by atoms with van der Waals surface area (Å²) in [7, 11) is 0. The number of fused-ring (bicyclic) bond motifs is 1. The van der Waals surface area contributed by atoms with Gasteiger partial charge in [-0.05, 0) is 31.5 Å². The molecule has 0 fully saturated rings. The molecule has 0 unspecified atom stereocenters. The van der Waals surface area contributed by atoms with Crippen molar-refractivity contribution in [2.24, 2.45) is 0 Å². The topological polar surface area (TPSA) is 68.0 Å². The summed E-state index contributed by atoms with van der Waals surface area (Å²) in [6, 6.07) is 3.99. The van der Waals surface area contributed by atoms with E-state index in [-0.39, 0.29) is 0 Å². The molecule has 0 saturated heterocycles. The lowest BCUT2D eigenvalue weighted by Crippen LogP contribution is -2.04. The van der Waals surface area contributed by atoms with Crippen LogP contribution in [0.2, 0.25) is 0 Å². The van der Waals surface area contributed by atoms with Crippen LogP contribution in [0.4, 0.5) is 5.95 Å². The van der Waals surface area contributed by atoms with Gasteiger partial charge < -0.3 is 5.32 Å². The minimum Gasteiger partial charge on any atom is -0.347 e. The third-order valence-corrected chi connectivity index (χ3v) is 2.76. The Morgan fingerprint density at radius 3 is 2.89 bits per heavy atom. The van der Waals surface area contributed by atoms with E-state index < -0.39 is 0 Å². The van der Waals surface area contributed by atoms with Crippen LogP contribution in [0.5, 0.6) is 0 Å². The molecule has 0 saturated carbocycles. The smallest absolute Gasteiger partial charge is 0.243 e. The van der Waals surface area contributed by atoms with Gasteiger partial charge in [-0.1, -0.05) is 0 Å². The SMILES string of the molecule is Cc1ccn2nc(NCc3cnc(C)cn3)nc2c1. The fourth-order valence-corrected chi connectivity index (χ4v) is 1.74. The zero-order valence-corrected chi connectivity index (χ0v) is 10.8. The Balaban J connectivity index is 1.76. The molecule has 19 heavy (non-hydrogen) atoms. The first-order chi connectivity index (χ1) is 9.20. The maximum Gasteiger partial charge on any atom is 0.243 e. The van der Waals surface area contributed by atoms with Gasteiger partial charge in [0.25, 0.3) is 0 Å². The molecule has 0 aliphatic rings. The summed E-state index contributed by atoms with van der Waals surface area (Å²) in [5, 5.41) is 7.48. The Kier molecular flexibility index (Phi) is 2.83. The standard InChI is InChI=1S/C13H14N6/c1-9-3-4-19-12(5-9)17-13(18-19)16-8-11-7-14-10(2)6-15-11/h3-7H,8H2,1-2H3,(H,16,18). The minimum atomic E-state index is 0.559. The molecule has 0 spiro atoms. The second-order valence-electron chi connectivity index (χ2n) is 4.44. The number of anilines is 1. The molecule has 3 aromatic heterocycles. The van der Waals surface area contributed by atoms with Gasteiger partial charge in [0.05, 0.1) is 24.1 Å². The van der Waals surface area contributed by atoms with E-state index in [1.54, 1.807) is 16.9 Å². The minimum absolute atomic E-state index is 0.559. The largest absolute Gasteiger partial charge is 0.347 e. The highest BCUT2D eigenvalue weighted by molar-refractivity contribution is 5.45. The second kappa shape index (κ2) is 4.64. The average Bonchev–Trinajstić information content (AvgIpc) is 2.80. The van der Waals surface area contributed by atoms with Crippen LogP contribution in [0.3, 0.4) is 0 Å². The van der Waals surface area contributed by atoms with Crippen LogP contribution < -0.4 is 5.32 Å². The third-order valence-electron chi connectivity index (χ3n) is 2.76. The zero-order chi connectivity index (χ0) is 13.2. The number of hydrogen-bond acceptors (Lipinski definition) is 5. The fraction of sp³-hybridized carbons (Fsp3) is 0.231. The molecule has 0 bridgehead atoms. The van der Waals surface area contributed by atoms with Crippen LogP contribution in [0, 0.1) is 13.8 Å². The van der Waals surface area contributed by atoms with E-state index in [1.807, 2.05) is 32.2 Å². The van der Waals surface area contributed by atoms with Gasteiger partial charge in [-0.15, -0.1) is 5.10 Å². The van der Waals surface area contributed by atoms with Gasteiger partial charge in [0.2, 0.25) is 5.95 Å². The Bertz CT molecular complexity index is 701. The molecular weight excluding hydrogens is 240 g/mol. The summed E-state index contributed by atoms with van der Waals surface area (Å²) >= 11 is 0. The summed E-state index contributed by atoms with van der Waals surface area (Å²) in [5.74, 6) is 0.591. The highest BCUT2D eigenvalue weighted by Gasteiger charge is 2.03. The molecular formula is C13H14N6. The number of nitrogens with one attached hydrogen (secondary N) is 1. The van der Waals surface area contributed by atoms with Gasteiger partial charge >= 0.3 is 0 Å². The number of rotatable bonds is 3. The van der Waals surface area contributed by atoms with Crippen molar-refractivity contribution < 1.29 is 0 Å². The molecule has 3 aromatic rings. The lowest BCUT2D eigenvalue weighted by Gasteiger charge is -2.00. The van der Waals surface area contributed by atoms with Crippen molar-refractivity contribution in [1.82, 2.24) is 24.6 Å². The number of aromatic nitrogens is 5. The van der Waals surface area contributed by atoms with E-state index in [1.165, 1.54) is 0 Å². The molecule has 6 heteroatoms. The van der Waals surface area contributed by atoms with Gasteiger partial charge in [0.1, 0.15) is 0 Å². The number of nitrogens with zero attached hydrogens (tertiary/aromatic N) is 5. The lowest BCUT2D eigenvalue weighted by atomic mass is 10.3. The van der Waals surface area contributed by atoms with E-state index >= 15 is 0 Å². The van der Waals surface area contributed by atoms with Crippen molar-refractivity contribution >= 4 is 11.6 Å². The van der Waals surface area contributed by atoms with Crippen LogP contribution >= 0.6 is 0 Å². The second-order valence-corrected chi connectivity index (χ2v) is 4.44. The first-order valence-electron chi connectivity index (χ1n) is 6.05. The van der Waals surface area contributed by atoms with Crippen molar-refractivity contribution in [3.05, 3.63) is 47.7 Å². The van der Waals surface area contributed by atoms with Gasteiger partial charge in [-0.2, -0.15) is 4.98 Å². The Labute approximate surface area is 110 Å². The summed E-state index contributed by atoms with van der Waals surface area (Å²) in [6.07, 6.45) is 5.40. The van der Waals surface area contributed by atoms with Crippen molar-refractivity contribution in [2.45, 2.75) is 20.4 Å². The predicted octanol–water partition coefficient (Wildman–Crippen LogP) is 1.75. The molecule has 1 N–H and O–H groups in total. The Morgan fingerprint density at radius 2 is 2.11 bits per heavy atom. The van der Waals surface area contributed by atoms with Gasteiger partial charge in [-0.3, -0.25) is 9.97 Å². The molecule has 0 radical (unpaired) electrons. The first kappa shape index (κ1) is 11.6. The fourth-order valence-electron chi connectivity index (χ4n) is 1.74. The van der Waals surface area contributed by atoms with Gasteiger partial charge in [0, 0.05) is 12.4 Å². The molecule has 3 heterocycles. The van der Waals surface area contributed by atoms with Gasteiger partial charge in [-0.25, -0.2) is 4.52 Å². The molecule has 0 aliphatic heterocycles. The van der Waals surface area contributed by atoms with Crippen LogP contribution in [0.25, 0.3) is 5.65 Å². The maximum atomic E-state index is 4.40. The Hall–Kier alpha value is -2.50. The monoisotopic (exact) mass is 254 g/mol. The van der Waals surface area contributed by atoms with Crippen molar-refractivity contribution in [1.29, 1.82) is 0 Å². The Morgan fingerprint density at radius 1 is 1.21 bits per heavy atom. The van der Waals surface area contributed by atoms with E-state index in [9.17, 15) is 0 Å². The van der Waals surface area contributed by atoms with E-state index in [0.29, 0.717) is 12.5 Å². The molecule has 96 valence electrons. The normalized spacial score (nSPS) is 10.8. The number of pyridine rings is 1. The quantitative estimate of drug-likeness (QED) is 0.771. The summed E-state index contributed by atoms with van der Waals surface area (Å²) in [4.78, 5) is 12.9. The van der Waals surface area contributed by atoms with Gasteiger partial charge in [0.15, 0.2) is 5.65 Å². The predicted molar refractivity (Wildman–Crippen MR) is 71.8 cm³/mol. The van der Waals surface area contributed by atoms with Crippen molar-refractivity contribution in [3.8, 4) is 0 Å². The molecule has 0 atom stereocenters. The third kappa shape index (κ3) is 2.52. The van der Waals surface area contributed by atoms with E-state index in [2.05, 4.69) is 25.4 Å². The summed E-state index contributed by atoms with van der Waals surface area (Å²) < 4.78 is 1.75. The highest BCUT2D eigenvalue weighted by Crippen LogP contribution is 2.08. The highest BCUT2D eigenvalue weighted by atomic mass is 15.3. The lowest BCUT2D eigenvalue weighted by molar-refractivity contribution is 0.930. The van der Waals surface area contributed by atoms with Crippen LogP contribution in [0.1, 0.15) is 17.0 Å². The average molecular weight is 254 g/mol.